The number of morpholine rings is 1. The van der Waals surface area contributed by atoms with Gasteiger partial charge in [0.1, 0.15) is 5.82 Å². The summed E-state index contributed by atoms with van der Waals surface area (Å²) in [5, 5.41) is 9.75. The number of ether oxygens (including phenoxy) is 1. The second kappa shape index (κ2) is 8.60. The lowest BCUT2D eigenvalue weighted by atomic mass is 10.1. The quantitative estimate of drug-likeness (QED) is 0.699. The molecule has 1 aromatic heterocycles. The van der Waals surface area contributed by atoms with E-state index in [1.165, 1.54) is 11.0 Å². The van der Waals surface area contributed by atoms with Gasteiger partial charge in [0.15, 0.2) is 0 Å². The SMILES string of the molecule is Cc1c(Cl)cccc1S(=O)(=O)Nc1nc(CCC2COCCN2C(=O)O)ns1. The number of rotatable bonds is 6. The molecule has 1 fully saturated rings. The lowest BCUT2D eigenvalue weighted by molar-refractivity contribution is -0.00262. The van der Waals surface area contributed by atoms with Gasteiger partial charge in [-0.1, -0.05) is 17.7 Å². The Bertz CT molecular complexity index is 966. The molecule has 1 unspecified atom stereocenters. The summed E-state index contributed by atoms with van der Waals surface area (Å²) in [6, 6.07) is 4.38. The number of aromatic nitrogens is 2. The van der Waals surface area contributed by atoms with Crippen molar-refractivity contribution in [1.82, 2.24) is 14.3 Å². The first-order chi connectivity index (χ1) is 13.3. The largest absolute Gasteiger partial charge is 0.465 e. The van der Waals surface area contributed by atoms with E-state index in [1.807, 2.05) is 0 Å². The number of carbonyl (C=O) groups is 1. The molecule has 1 aliphatic heterocycles. The van der Waals surface area contributed by atoms with Gasteiger partial charge in [-0.05, 0) is 31.0 Å². The molecule has 2 heterocycles. The molecule has 12 heteroatoms. The molecule has 2 N–H and O–H groups in total. The van der Waals surface area contributed by atoms with Crippen LogP contribution in [0.5, 0.6) is 0 Å². The Morgan fingerprint density at radius 3 is 3.04 bits per heavy atom. The summed E-state index contributed by atoms with van der Waals surface area (Å²) in [6.07, 6.45) is -0.0839. The van der Waals surface area contributed by atoms with Gasteiger partial charge >= 0.3 is 6.09 Å². The van der Waals surface area contributed by atoms with E-state index >= 15 is 0 Å². The molecule has 3 rings (SSSR count). The second-order valence-electron chi connectivity index (χ2n) is 6.23. The predicted molar refractivity (Wildman–Crippen MR) is 105 cm³/mol. The zero-order chi connectivity index (χ0) is 20.3. The molecular formula is C16H19ClN4O5S2. The van der Waals surface area contributed by atoms with E-state index < -0.39 is 16.1 Å². The summed E-state index contributed by atoms with van der Waals surface area (Å²) in [7, 11) is -3.84. The standard InChI is InChI=1S/C16H19ClN4O5S2/c1-10-12(17)3-2-4-13(10)28(24,25)20-15-18-14(19-27-15)6-5-11-9-26-8-7-21(11)16(22)23/h2-4,11H,5-9H2,1H3,(H,22,23)(H,18,19,20). The molecule has 0 aliphatic carbocycles. The van der Waals surface area contributed by atoms with E-state index in [4.69, 9.17) is 16.3 Å². The van der Waals surface area contributed by atoms with Crippen LogP contribution in [-0.2, 0) is 21.2 Å². The van der Waals surface area contributed by atoms with Crippen LogP contribution < -0.4 is 4.72 Å². The molecule has 1 aliphatic rings. The topological polar surface area (TPSA) is 122 Å². The van der Waals surface area contributed by atoms with Crippen molar-refractivity contribution in [3.05, 3.63) is 34.6 Å². The number of hydrogen-bond acceptors (Lipinski definition) is 7. The Labute approximate surface area is 171 Å². The number of nitrogens with zero attached hydrogens (tertiary/aromatic N) is 3. The molecule has 1 aromatic carbocycles. The van der Waals surface area contributed by atoms with Crippen molar-refractivity contribution in [3.63, 3.8) is 0 Å². The van der Waals surface area contributed by atoms with Gasteiger partial charge in [0, 0.05) is 29.5 Å². The van der Waals surface area contributed by atoms with Crippen molar-refractivity contribution in [2.75, 3.05) is 24.5 Å². The molecule has 1 saturated heterocycles. The lowest BCUT2D eigenvalue weighted by Gasteiger charge is -2.33. The first-order valence-corrected chi connectivity index (χ1v) is 11.1. The van der Waals surface area contributed by atoms with Crippen LogP contribution in [-0.4, -0.2) is 59.7 Å². The molecule has 0 spiro atoms. The van der Waals surface area contributed by atoms with E-state index in [9.17, 15) is 18.3 Å². The number of sulfonamides is 1. The number of nitrogens with one attached hydrogen (secondary N) is 1. The van der Waals surface area contributed by atoms with Crippen LogP contribution in [0.4, 0.5) is 9.93 Å². The zero-order valence-electron chi connectivity index (χ0n) is 15.0. The maximum absolute atomic E-state index is 12.6. The number of aryl methyl sites for hydroxylation is 1. The van der Waals surface area contributed by atoms with E-state index in [0.717, 1.165) is 11.5 Å². The predicted octanol–water partition coefficient (Wildman–Crippen LogP) is 2.61. The molecule has 0 saturated carbocycles. The van der Waals surface area contributed by atoms with Crippen LogP contribution in [0.3, 0.4) is 0 Å². The smallest absolute Gasteiger partial charge is 0.407 e. The number of carboxylic acid groups (broad SMARTS) is 1. The van der Waals surface area contributed by atoms with Crippen molar-refractivity contribution >= 4 is 44.4 Å². The Morgan fingerprint density at radius 1 is 1.50 bits per heavy atom. The van der Waals surface area contributed by atoms with Crippen molar-refractivity contribution in [2.24, 2.45) is 0 Å². The normalized spacial score (nSPS) is 17.5. The Kier molecular flexibility index (Phi) is 6.38. The first kappa shape index (κ1) is 20.8. The van der Waals surface area contributed by atoms with Gasteiger partial charge in [-0.25, -0.2) is 18.2 Å². The minimum absolute atomic E-state index is 0.0770. The van der Waals surface area contributed by atoms with E-state index in [0.29, 0.717) is 49.0 Å². The molecule has 1 atom stereocenters. The molecule has 0 bridgehead atoms. The summed E-state index contributed by atoms with van der Waals surface area (Å²) < 4.78 is 37.1. The molecule has 0 radical (unpaired) electrons. The van der Waals surface area contributed by atoms with Crippen LogP contribution >= 0.6 is 23.1 Å². The number of amides is 1. The van der Waals surface area contributed by atoms with Crippen LogP contribution in [0.25, 0.3) is 0 Å². The van der Waals surface area contributed by atoms with E-state index in [1.54, 1.807) is 19.1 Å². The summed E-state index contributed by atoms with van der Waals surface area (Å²) in [5.41, 5.74) is 0.451. The molecular weight excluding hydrogens is 428 g/mol. The third-order valence-corrected chi connectivity index (χ3v) is 7.06. The van der Waals surface area contributed by atoms with Gasteiger partial charge in [0.25, 0.3) is 10.0 Å². The fraction of sp³-hybridized carbons (Fsp3) is 0.438. The van der Waals surface area contributed by atoms with Crippen molar-refractivity contribution in [3.8, 4) is 0 Å². The fourth-order valence-electron chi connectivity index (χ4n) is 2.89. The van der Waals surface area contributed by atoms with Crippen LogP contribution in [0.1, 0.15) is 17.8 Å². The molecule has 28 heavy (non-hydrogen) atoms. The Balaban J connectivity index is 1.65. The first-order valence-electron chi connectivity index (χ1n) is 8.46. The third-order valence-electron chi connectivity index (χ3n) is 4.37. The highest BCUT2D eigenvalue weighted by molar-refractivity contribution is 7.93. The Hall–Kier alpha value is -1.95. The van der Waals surface area contributed by atoms with Gasteiger partial charge in [0.05, 0.1) is 24.2 Å². The average Bonchev–Trinajstić information content (AvgIpc) is 3.08. The van der Waals surface area contributed by atoms with Crippen molar-refractivity contribution < 1.29 is 23.1 Å². The monoisotopic (exact) mass is 446 g/mol. The van der Waals surface area contributed by atoms with Crippen molar-refractivity contribution in [2.45, 2.75) is 30.7 Å². The lowest BCUT2D eigenvalue weighted by Crippen LogP contribution is -2.48. The average molecular weight is 447 g/mol. The van der Waals surface area contributed by atoms with Gasteiger partial charge in [0.2, 0.25) is 5.13 Å². The van der Waals surface area contributed by atoms with Gasteiger partial charge < -0.3 is 14.7 Å². The molecule has 1 amide bonds. The third kappa shape index (κ3) is 4.72. The van der Waals surface area contributed by atoms with Gasteiger partial charge in [-0.15, -0.1) is 0 Å². The maximum atomic E-state index is 12.6. The number of halogens is 1. The summed E-state index contributed by atoms with van der Waals surface area (Å²) >= 11 is 6.93. The highest BCUT2D eigenvalue weighted by atomic mass is 35.5. The minimum Gasteiger partial charge on any atom is -0.465 e. The minimum atomic E-state index is -3.84. The molecule has 152 valence electrons. The number of hydrogen-bond donors (Lipinski definition) is 2. The van der Waals surface area contributed by atoms with E-state index in [-0.39, 0.29) is 16.1 Å². The molecule has 2 aromatic rings. The summed E-state index contributed by atoms with van der Waals surface area (Å²) in [5.74, 6) is 0.446. The summed E-state index contributed by atoms with van der Waals surface area (Å²) in [4.78, 5) is 16.9. The van der Waals surface area contributed by atoms with Gasteiger partial charge in [-0.3, -0.25) is 4.72 Å². The van der Waals surface area contributed by atoms with Gasteiger partial charge in [-0.2, -0.15) is 4.37 Å². The maximum Gasteiger partial charge on any atom is 0.407 e. The summed E-state index contributed by atoms with van der Waals surface area (Å²) in [6.45, 7) is 2.66. The zero-order valence-corrected chi connectivity index (χ0v) is 17.4. The second-order valence-corrected chi connectivity index (χ2v) is 9.04. The highest BCUT2D eigenvalue weighted by Crippen LogP contribution is 2.25. The van der Waals surface area contributed by atoms with Crippen LogP contribution in [0.15, 0.2) is 23.1 Å². The fourth-order valence-corrected chi connectivity index (χ4v) is 5.22. The van der Waals surface area contributed by atoms with Crippen LogP contribution in [0, 0.1) is 6.92 Å². The Morgan fingerprint density at radius 2 is 2.29 bits per heavy atom. The van der Waals surface area contributed by atoms with Crippen molar-refractivity contribution in [1.29, 1.82) is 0 Å². The van der Waals surface area contributed by atoms with E-state index in [2.05, 4.69) is 14.1 Å². The van der Waals surface area contributed by atoms with Crippen LogP contribution in [0.2, 0.25) is 5.02 Å². The number of anilines is 1. The molecule has 9 nitrogen and oxygen atoms in total. The highest BCUT2D eigenvalue weighted by Gasteiger charge is 2.27. The number of benzene rings is 1.